The fraction of sp³-hybridized carbons (Fsp3) is 0.714. The lowest BCUT2D eigenvalue weighted by Crippen LogP contribution is -2.33. The van der Waals surface area contributed by atoms with Gasteiger partial charge in [-0.2, -0.15) is 0 Å². The molecule has 1 aliphatic heterocycles. The number of aliphatic hydroxyl groups excluding tert-OH is 1. The maximum Gasteiger partial charge on any atom is 0.261 e. The number of rotatable bonds is 29. The maximum absolute atomic E-state index is 12.3. The van der Waals surface area contributed by atoms with Crippen LogP contribution >= 0.6 is 0 Å². The van der Waals surface area contributed by atoms with Gasteiger partial charge < -0.3 is 47.7 Å². The van der Waals surface area contributed by atoms with E-state index in [0.717, 1.165) is 0 Å². The summed E-state index contributed by atoms with van der Waals surface area (Å²) in [4.78, 5) is 25.8. The Morgan fingerprint density at radius 1 is 0.439 bits per heavy atom. The summed E-state index contributed by atoms with van der Waals surface area (Å²) < 4.78 is 48.5. The third-order valence-corrected chi connectivity index (χ3v) is 5.55. The molecule has 1 heterocycles. The summed E-state index contributed by atoms with van der Waals surface area (Å²) in [5, 5.41) is 8.57. The van der Waals surface area contributed by atoms with Crippen LogP contribution in [0.15, 0.2) is 24.3 Å². The second-order valence-electron chi connectivity index (χ2n) is 8.54. The molecule has 0 bridgehead atoms. The highest BCUT2D eigenvalue weighted by molar-refractivity contribution is 6.21. The molecule has 1 aromatic rings. The van der Waals surface area contributed by atoms with E-state index in [2.05, 4.69) is 0 Å². The lowest BCUT2D eigenvalue weighted by atomic mass is 10.1. The van der Waals surface area contributed by atoms with Crippen LogP contribution in [0, 0.1) is 0 Å². The molecule has 2 rings (SSSR count). The molecule has 0 atom stereocenters. The molecule has 1 N–H and O–H groups in total. The van der Waals surface area contributed by atoms with E-state index >= 15 is 0 Å². The molecular formula is C28H45NO12. The largest absolute Gasteiger partial charge is 0.394 e. The number of amides is 2. The van der Waals surface area contributed by atoms with E-state index in [1.54, 1.807) is 24.3 Å². The van der Waals surface area contributed by atoms with E-state index < -0.39 is 0 Å². The van der Waals surface area contributed by atoms with Gasteiger partial charge in [-0.15, -0.1) is 0 Å². The van der Waals surface area contributed by atoms with Gasteiger partial charge in [0, 0.05) is 0 Å². The van der Waals surface area contributed by atoms with Crippen LogP contribution in [0.3, 0.4) is 0 Å². The van der Waals surface area contributed by atoms with Crippen molar-refractivity contribution in [3.8, 4) is 0 Å². The van der Waals surface area contributed by atoms with Gasteiger partial charge in [0.25, 0.3) is 11.8 Å². The summed E-state index contributed by atoms with van der Waals surface area (Å²) in [5.74, 6) is -0.556. The van der Waals surface area contributed by atoms with E-state index in [1.807, 2.05) is 0 Å². The smallest absolute Gasteiger partial charge is 0.261 e. The van der Waals surface area contributed by atoms with E-state index in [0.29, 0.717) is 123 Å². The predicted octanol–water partition coefficient (Wildman–Crippen LogP) is 0.424. The van der Waals surface area contributed by atoms with Crippen molar-refractivity contribution in [1.82, 2.24) is 4.90 Å². The molecule has 0 aromatic heterocycles. The Morgan fingerprint density at radius 2 is 0.707 bits per heavy atom. The summed E-state index contributed by atoms with van der Waals surface area (Å²) >= 11 is 0. The number of imide groups is 1. The number of benzene rings is 1. The summed E-state index contributed by atoms with van der Waals surface area (Å²) in [6.07, 6.45) is 0. The summed E-state index contributed by atoms with van der Waals surface area (Å²) in [6.45, 7) is 8.26. The third-order valence-electron chi connectivity index (χ3n) is 5.55. The Hall–Kier alpha value is -2.04. The molecule has 13 nitrogen and oxygen atoms in total. The lowest BCUT2D eigenvalue weighted by Gasteiger charge is -2.13. The predicted molar refractivity (Wildman–Crippen MR) is 146 cm³/mol. The van der Waals surface area contributed by atoms with Gasteiger partial charge in [0.2, 0.25) is 0 Å². The zero-order valence-corrected chi connectivity index (χ0v) is 23.8. The van der Waals surface area contributed by atoms with Gasteiger partial charge in [0.15, 0.2) is 0 Å². The molecular weight excluding hydrogens is 542 g/mol. The number of ether oxygens (including phenoxy) is 9. The normalized spacial score (nSPS) is 13.0. The van der Waals surface area contributed by atoms with Crippen molar-refractivity contribution < 1.29 is 57.3 Å². The Kier molecular flexibility index (Phi) is 21.1. The van der Waals surface area contributed by atoms with Crippen molar-refractivity contribution in [2.24, 2.45) is 0 Å². The average Bonchev–Trinajstić information content (AvgIpc) is 3.23. The highest BCUT2D eigenvalue weighted by atomic mass is 16.6. The van der Waals surface area contributed by atoms with E-state index in [9.17, 15) is 9.59 Å². The molecule has 0 fully saturated rings. The van der Waals surface area contributed by atoms with Crippen LogP contribution in [0.1, 0.15) is 20.7 Å². The standard InChI is InChI=1S/C28H45NO12/c30-6-8-34-10-12-36-14-16-38-18-20-40-22-24-41-23-21-39-19-17-37-15-13-35-11-9-33-7-5-29-27(31)25-3-1-2-4-26(25)28(29)32/h1-4,30H,5-24H2. The molecule has 234 valence electrons. The third kappa shape index (κ3) is 16.3. The maximum atomic E-state index is 12.3. The number of hydrogen-bond acceptors (Lipinski definition) is 12. The van der Waals surface area contributed by atoms with E-state index in [-0.39, 0.29) is 31.6 Å². The zero-order chi connectivity index (χ0) is 29.2. The number of carbonyl (C=O) groups is 2. The fourth-order valence-electron chi connectivity index (χ4n) is 3.52. The number of aliphatic hydroxyl groups is 1. The van der Waals surface area contributed by atoms with Crippen molar-refractivity contribution in [3.05, 3.63) is 35.4 Å². The van der Waals surface area contributed by atoms with Gasteiger partial charge in [0.1, 0.15) is 0 Å². The first-order valence-corrected chi connectivity index (χ1v) is 14.0. The topological polar surface area (TPSA) is 141 Å². The molecule has 0 radical (unpaired) electrons. The fourth-order valence-corrected chi connectivity index (χ4v) is 3.52. The van der Waals surface area contributed by atoms with Crippen LogP contribution in [-0.4, -0.2) is 154 Å². The number of nitrogens with zero attached hydrogens (tertiary/aromatic N) is 1. The minimum absolute atomic E-state index is 0.0191. The quantitative estimate of drug-likeness (QED) is 0.103. The molecule has 0 aliphatic carbocycles. The first kappa shape index (κ1) is 35.2. The van der Waals surface area contributed by atoms with Crippen LogP contribution in [0.25, 0.3) is 0 Å². The molecule has 1 aliphatic rings. The average molecular weight is 588 g/mol. The molecule has 1 aromatic carbocycles. The second kappa shape index (κ2) is 24.5. The highest BCUT2D eigenvalue weighted by Crippen LogP contribution is 2.21. The van der Waals surface area contributed by atoms with Gasteiger partial charge in [-0.05, 0) is 12.1 Å². The molecule has 41 heavy (non-hydrogen) atoms. The van der Waals surface area contributed by atoms with Crippen molar-refractivity contribution >= 4 is 11.8 Å². The monoisotopic (exact) mass is 587 g/mol. The van der Waals surface area contributed by atoms with Gasteiger partial charge in [-0.1, -0.05) is 12.1 Å². The minimum Gasteiger partial charge on any atom is -0.394 e. The second-order valence-corrected chi connectivity index (χ2v) is 8.54. The van der Waals surface area contributed by atoms with Crippen molar-refractivity contribution in [3.63, 3.8) is 0 Å². The molecule has 0 spiro atoms. The molecule has 2 amide bonds. The number of carbonyl (C=O) groups excluding carboxylic acids is 2. The summed E-state index contributed by atoms with van der Waals surface area (Å²) in [5.41, 5.74) is 0.883. The van der Waals surface area contributed by atoms with Crippen molar-refractivity contribution in [2.75, 3.05) is 132 Å². The van der Waals surface area contributed by atoms with Crippen molar-refractivity contribution in [2.45, 2.75) is 0 Å². The van der Waals surface area contributed by atoms with E-state index in [1.165, 1.54) is 4.90 Å². The van der Waals surface area contributed by atoms with Gasteiger partial charge in [-0.25, -0.2) is 0 Å². The van der Waals surface area contributed by atoms with Crippen molar-refractivity contribution in [1.29, 1.82) is 0 Å². The lowest BCUT2D eigenvalue weighted by molar-refractivity contribution is -0.0256. The van der Waals surface area contributed by atoms with Gasteiger partial charge in [-0.3, -0.25) is 14.5 Å². The van der Waals surface area contributed by atoms with E-state index in [4.69, 9.17) is 47.7 Å². The van der Waals surface area contributed by atoms with Crippen LogP contribution in [0.2, 0.25) is 0 Å². The van der Waals surface area contributed by atoms with Gasteiger partial charge in [0.05, 0.1) is 143 Å². The van der Waals surface area contributed by atoms with Crippen LogP contribution in [0.5, 0.6) is 0 Å². The highest BCUT2D eigenvalue weighted by Gasteiger charge is 2.34. The Morgan fingerprint density at radius 3 is 1.00 bits per heavy atom. The molecule has 0 saturated carbocycles. The Labute approximate surface area is 241 Å². The number of hydrogen-bond donors (Lipinski definition) is 1. The van der Waals surface area contributed by atoms with Crippen LogP contribution in [-0.2, 0) is 42.6 Å². The first-order chi connectivity index (χ1) is 20.3. The zero-order valence-electron chi connectivity index (χ0n) is 23.8. The first-order valence-electron chi connectivity index (χ1n) is 14.0. The summed E-state index contributed by atoms with van der Waals surface area (Å²) in [7, 11) is 0. The molecule has 0 unspecified atom stereocenters. The van der Waals surface area contributed by atoms with Gasteiger partial charge >= 0.3 is 0 Å². The SMILES string of the molecule is O=C1c2ccccc2C(=O)N1CCOCCOCCOCCOCCOCCOCCOCCOCCOCCO. The summed E-state index contributed by atoms with van der Waals surface area (Å²) in [6, 6.07) is 6.81. The Balaban J connectivity index is 1.21. The van der Waals surface area contributed by atoms with Crippen LogP contribution in [0.4, 0.5) is 0 Å². The number of fused-ring (bicyclic) bond motifs is 1. The van der Waals surface area contributed by atoms with Crippen LogP contribution < -0.4 is 0 Å². The minimum atomic E-state index is -0.278. The molecule has 13 heteroatoms. The molecule has 0 saturated heterocycles. The Bertz CT molecular complexity index is 777.